The Morgan fingerprint density at radius 1 is 1.67 bits per heavy atom. The molecule has 0 saturated carbocycles. The predicted molar refractivity (Wildman–Crippen MR) is 52.5 cm³/mol. The fourth-order valence-corrected chi connectivity index (χ4v) is 1.02. The number of nitrogens with two attached hydrogens (primary N) is 1. The van der Waals surface area contributed by atoms with Gasteiger partial charge in [0, 0.05) is 6.54 Å². The highest BCUT2D eigenvalue weighted by Crippen LogP contribution is 2.17. The SMILES string of the molecule is CC(CN)Oc1ccc(F)c(C(=O)O)c1. The van der Waals surface area contributed by atoms with Crippen LogP contribution in [0.2, 0.25) is 0 Å². The summed E-state index contributed by atoms with van der Waals surface area (Å²) < 4.78 is 18.2. The molecule has 1 aromatic rings. The lowest BCUT2D eigenvalue weighted by atomic mass is 10.2. The summed E-state index contributed by atoms with van der Waals surface area (Å²) in [6.45, 7) is 2.05. The zero-order valence-electron chi connectivity index (χ0n) is 8.24. The van der Waals surface area contributed by atoms with Crippen LogP contribution in [0.5, 0.6) is 5.75 Å². The number of halogens is 1. The molecule has 3 N–H and O–H groups in total. The number of rotatable bonds is 4. The van der Waals surface area contributed by atoms with Crippen LogP contribution in [-0.2, 0) is 0 Å². The Bertz CT molecular complexity index is 368. The van der Waals surface area contributed by atoms with Crippen molar-refractivity contribution >= 4 is 5.97 Å². The van der Waals surface area contributed by atoms with Gasteiger partial charge in [0.25, 0.3) is 0 Å². The van der Waals surface area contributed by atoms with Crippen molar-refractivity contribution in [1.29, 1.82) is 0 Å². The summed E-state index contributed by atoms with van der Waals surface area (Å²) in [4.78, 5) is 10.6. The monoisotopic (exact) mass is 213 g/mol. The van der Waals surface area contributed by atoms with Crippen molar-refractivity contribution in [1.82, 2.24) is 0 Å². The molecule has 0 aliphatic rings. The number of hydrogen-bond acceptors (Lipinski definition) is 3. The lowest BCUT2D eigenvalue weighted by Gasteiger charge is -2.12. The number of hydrogen-bond donors (Lipinski definition) is 2. The Balaban J connectivity index is 2.92. The average Bonchev–Trinajstić information content (AvgIpc) is 2.20. The normalized spacial score (nSPS) is 12.2. The fraction of sp³-hybridized carbons (Fsp3) is 0.300. The zero-order chi connectivity index (χ0) is 11.4. The van der Waals surface area contributed by atoms with Gasteiger partial charge in [-0.15, -0.1) is 0 Å². The molecule has 15 heavy (non-hydrogen) atoms. The third kappa shape index (κ3) is 2.92. The maximum Gasteiger partial charge on any atom is 0.338 e. The van der Waals surface area contributed by atoms with E-state index >= 15 is 0 Å². The van der Waals surface area contributed by atoms with Crippen LogP contribution in [0.1, 0.15) is 17.3 Å². The minimum absolute atomic E-state index is 0.239. The molecule has 1 unspecified atom stereocenters. The van der Waals surface area contributed by atoms with Crippen molar-refractivity contribution in [3.05, 3.63) is 29.6 Å². The Kier molecular flexibility index (Phi) is 3.62. The Hall–Kier alpha value is -1.62. The van der Waals surface area contributed by atoms with Crippen LogP contribution >= 0.6 is 0 Å². The van der Waals surface area contributed by atoms with Crippen LogP contribution in [0.4, 0.5) is 4.39 Å². The Morgan fingerprint density at radius 2 is 2.33 bits per heavy atom. The Labute approximate surface area is 86.5 Å². The van der Waals surface area contributed by atoms with E-state index in [-0.39, 0.29) is 6.10 Å². The van der Waals surface area contributed by atoms with E-state index in [1.807, 2.05) is 0 Å². The summed E-state index contributed by atoms with van der Waals surface area (Å²) in [5.41, 5.74) is 4.93. The van der Waals surface area contributed by atoms with E-state index in [1.165, 1.54) is 6.07 Å². The molecule has 0 saturated heterocycles. The Morgan fingerprint density at radius 3 is 2.87 bits per heavy atom. The van der Waals surface area contributed by atoms with Gasteiger partial charge in [-0.2, -0.15) is 0 Å². The molecule has 0 aliphatic heterocycles. The molecule has 1 atom stereocenters. The van der Waals surface area contributed by atoms with Crippen LogP contribution in [0.15, 0.2) is 18.2 Å². The molecule has 0 aromatic heterocycles. The quantitative estimate of drug-likeness (QED) is 0.789. The van der Waals surface area contributed by atoms with E-state index in [0.29, 0.717) is 12.3 Å². The number of carboxylic acids is 1. The minimum Gasteiger partial charge on any atom is -0.489 e. The smallest absolute Gasteiger partial charge is 0.338 e. The van der Waals surface area contributed by atoms with Gasteiger partial charge in [0.15, 0.2) is 0 Å². The van der Waals surface area contributed by atoms with Crippen molar-refractivity contribution in [3.63, 3.8) is 0 Å². The first-order valence-electron chi connectivity index (χ1n) is 4.44. The van der Waals surface area contributed by atoms with Crippen LogP contribution in [-0.4, -0.2) is 23.7 Å². The zero-order valence-corrected chi connectivity index (χ0v) is 8.24. The molecular formula is C10H12FNO3. The van der Waals surface area contributed by atoms with Crippen LogP contribution in [0.3, 0.4) is 0 Å². The van der Waals surface area contributed by atoms with Gasteiger partial charge < -0.3 is 15.6 Å². The first-order chi connectivity index (χ1) is 7.04. The molecule has 0 fully saturated rings. The highest BCUT2D eigenvalue weighted by atomic mass is 19.1. The van der Waals surface area contributed by atoms with Gasteiger partial charge in [-0.3, -0.25) is 0 Å². The molecule has 82 valence electrons. The molecule has 0 radical (unpaired) electrons. The molecule has 4 nitrogen and oxygen atoms in total. The summed E-state index contributed by atoms with van der Waals surface area (Å²) in [5, 5.41) is 8.66. The second-order valence-electron chi connectivity index (χ2n) is 3.11. The molecule has 1 rings (SSSR count). The lowest BCUT2D eigenvalue weighted by molar-refractivity contribution is 0.0691. The molecule has 0 heterocycles. The first-order valence-corrected chi connectivity index (χ1v) is 4.44. The third-order valence-corrected chi connectivity index (χ3v) is 1.84. The van der Waals surface area contributed by atoms with Crippen molar-refractivity contribution < 1.29 is 19.0 Å². The van der Waals surface area contributed by atoms with E-state index in [1.54, 1.807) is 6.92 Å². The third-order valence-electron chi connectivity index (χ3n) is 1.84. The standard InChI is InChI=1S/C10H12FNO3/c1-6(5-12)15-7-2-3-9(11)8(4-7)10(13)14/h2-4,6H,5,12H2,1H3,(H,13,14). The maximum atomic E-state index is 13.0. The number of carboxylic acid groups (broad SMARTS) is 1. The molecule has 0 amide bonds. The second-order valence-corrected chi connectivity index (χ2v) is 3.11. The maximum absolute atomic E-state index is 13.0. The summed E-state index contributed by atoms with van der Waals surface area (Å²) in [6, 6.07) is 3.57. The highest BCUT2D eigenvalue weighted by molar-refractivity contribution is 5.88. The second kappa shape index (κ2) is 4.75. The summed E-state index contributed by atoms with van der Waals surface area (Å²) in [6.07, 6.45) is -0.239. The van der Waals surface area contributed by atoms with E-state index < -0.39 is 17.3 Å². The van der Waals surface area contributed by atoms with Gasteiger partial charge in [-0.05, 0) is 25.1 Å². The van der Waals surface area contributed by atoms with Crippen LogP contribution in [0.25, 0.3) is 0 Å². The van der Waals surface area contributed by atoms with Gasteiger partial charge in [0.1, 0.15) is 17.7 Å². The van der Waals surface area contributed by atoms with E-state index in [0.717, 1.165) is 12.1 Å². The number of carbonyl (C=O) groups is 1. The molecular weight excluding hydrogens is 201 g/mol. The van der Waals surface area contributed by atoms with Crippen molar-refractivity contribution in [2.75, 3.05) is 6.54 Å². The van der Waals surface area contributed by atoms with Gasteiger partial charge in [0.2, 0.25) is 0 Å². The van der Waals surface area contributed by atoms with E-state index in [2.05, 4.69) is 0 Å². The van der Waals surface area contributed by atoms with Crippen molar-refractivity contribution in [2.24, 2.45) is 5.73 Å². The minimum atomic E-state index is -1.32. The summed E-state index contributed by atoms with van der Waals surface area (Å²) >= 11 is 0. The summed E-state index contributed by atoms with van der Waals surface area (Å²) in [5.74, 6) is -1.81. The van der Waals surface area contributed by atoms with E-state index in [4.69, 9.17) is 15.6 Å². The van der Waals surface area contributed by atoms with Crippen molar-refractivity contribution in [3.8, 4) is 5.75 Å². The van der Waals surface area contributed by atoms with Crippen LogP contribution < -0.4 is 10.5 Å². The molecule has 0 spiro atoms. The first kappa shape index (κ1) is 11.5. The molecule has 1 aromatic carbocycles. The molecule has 0 aliphatic carbocycles. The van der Waals surface area contributed by atoms with Gasteiger partial charge in [0.05, 0.1) is 5.56 Å². The highest BCUT2D eigenvalue weighted by Gasteiger charge is 2.12. The molecule has 5 heteroatoms. The fourth-order valence-electron chi connectivity index (χ4n) is 1.02. The van der Waals surface area contributed by atoms with Gasteiger partial charge in [-0.25, -0.2) is 9.18 Å². The van der Waals surface area contributed by atoms with Gasteiger partial charge >= 0.3 is 5.97 Å². The van der Waals surface area contributed by atoms with Crippen LogP contribution in [0, 0.1) is 5.82 Å². The van der Waals surface area contributed by atoms with Crippen molar-refractivity contribution in [2.45, 2.75) is 13.0 Å². The topological polar surface area (TPSA) is 72.5 Å². The van der Waals surface area contributed by atoms with E-state index in [9.17, 15) is 9.18 Å². The largest absolute Gasteiger partial charge is 0.489 e. The average molecular weight is 213 g/mol. The lowest BCUT2D eigenvalue weighted by Crippen LogP contribution is -2.23. The number of ether oxygens (including phenoxy) is 1. The molecule has 0 bridgehead atoms. The van der Waals surface area contributed by atoms with Gasteiger partial charge in [-0.1, -0.05) is 0 Å². The number of benzene rings is 1. The number of aromatic carboxylic acids is 1. The summed E-state index contributed by atoms with van der Waals surface area (Å²) in [7, 11) is 0. The predicted octanol–water partition coefficient (Wildman–Crippen LogP) is 1.25.